The minimum Gasteiger partial charge on any atom is -0.383 e. The molecule has 0 spiro atoms. The molecule has 3 aromatic heterocycles. The van der Waals surface area contributed by atoms with Gasteiger partial charge in [0.05, 0.1) is 17.6 Å². The molecule has 0 amide bonds. The van der Waals surface area contributed by atoms with E-state index in [0.29, 0.717) is 21.8 Å². The number of carbonyl (C=O) groups is 1. The van der Waals surface area contributed by atoms with Crippen LogP contribution in [0, 0.1) is 25.5 Å². The molecule has 3 rings (SSSR count). The third-order valence-electron chi connectivity index (χ3n) is 4.64. The summed E-state index contributed by atoms with van der Waals surface area (Å²) in [6.45, 7) is 3.50. The maximum Gasteiger partial charge on any atom is 0.275 e. The van der Waals surface area contributed by atoms with E-state index in [-0.39, 0.29) is 27.9 Å². The number of thioether (sulfide) groups is 1. The molecule has 6 nitrogen and oxygen atoms in total. The van der Waals surface area contributed by atoms with Gasteiger partial charge in [-0.3, -0.25) is 24.1 Å². The SMILES string of the molecule is Cc1cnc(C(=O)/C=C/N(C)C)cc1-n1c(C)cc(SCc2ncc(F)cc2F)c(Cl)c1=O. The molecular formula is C23H21ClF2N4O2S. The smallest absolute Gasteiger partial charge is 0.275 e. The van der Waals surface area contributed by atoms with E-state index in [2.05, 4.69) is 9.97 Å². The van der Waals surface area contributed by atoms with Crippen molar-refractivity contribution in [2.75, 3.05) is 14.1 Å². The van der Waals surface area contributed by atoms with Crippen molar-refractivity contribution in [3.05, 3.63) is 92.5 Å². The summed E-state index contributed by atoms with van der Waals surface area (Å²) in [5.41, 5.74) is 1.49. The van der Waals surface area contributed by atoms with Crippen LogP contribution >= 0.6 is 23.4 Å². The van der Waals surface area contributed by atoms with Gasteiger partial charge < -0.3 is 4.90 Å². The first-order valence-corrected chi connectivity index (χ1v) is 11.2. The first-order valence-electron chi connectivity index (χ1n) is 9.79. The highest BCUT2D eigenvalue weighted by Crippen LogP contribution is 2.30. The van der Waals surface area contributed by atoms with Crippen molar-refractivity contribution in [1.82, 2.24) is 19.4 Å². The number of ketones is 1. The Kier molecular flexibility index (Phi) is 7.65. The molecule has 172 valence electrons. The highest BCUT2D eigenvalue weighted by atomic mass is 35.5. The van der Waals surface area contributed by atoms with E-state index in [0.717, 1.165) is 24.0 Å². The van der Waals surface area contributed by atoms with Crippen molar-refractivity contribution in [1.29, 1.82) is 0 Å². The van der Waals surface area contributed by atoms with E-state index >= 15 is 0 Å². The Hall–Kier alpha value is -3.04. The van der Waals surface area contributed by atoms with Crippen molar-refractivity contribution in [2.45, 2.75) is 24.5 Å². The topological polar surface area (TPSA) is 68.1 Å². The fraction of sp³-hybridized carbons (Fsp3) is 0.217. The van der Waals surface area contributed by atoms with Gasteiger partial charge in [0, 0.05) is 55.0 Å². The second-order valence-corrected chi connectivity index (χ2v) is 8.87. The number of rotatable bonds is 7. The largest absolute Gasteiger partial charge is 0.383 e. The number of hydrogen-bond donors (Lipinski definition) is 0. The molecule has 0 atom stereocenters. The van der Waals surface area contributed by atoms with Crippen LogP contribution in [0.2, 0.25) is 5.02 Å². The molecule has 10 heteroatoms. The predicted molar refractivity (Wildman–Crippen MR) is 125 cm³/mol. The lowest BCUT2D eigenvalue weighted by molar-refractivity contribution is 0.104. The molecule has 0 fully saturated rings. The van der Waals surface area contributed by atoms with E-state index in [1.165, 1.54) is 16.8 Å². The minimum atomic E-state index is -0.767. The quantitative estimate of drug-likeness (QED) is 0.271. The zero-order valence-electron chi connectivity index (χ0n) is 18.4. The van der Waals surface area contributed by atoms with E-state index < -0.39 is 17.2 Å². The summed E-state index contributed by atoms with van der Waals surface area (Å²) in [5.74, 6) is -1.76. The van der Waals surface area contributed by atoms with E-state index in [1.54, 1.807) is 51.2 Å². The summed E-state index contributed by atoms with van der Waals surface area (Å²) >= 11 is 7.49. The molecule has 3 heterocycles. The van der Waals surface area contributed by atoms with Crippen LogP contribution in [0.4, 0.5) is 8.78 Å². The molecule has 0 unspecified atom stereocenters. The van der Waals surface area contributed by atoms with E-state index in [9.17, 15) is 18.4 Å². The lowest BCUT2D eigenvalue weighted by atomic mass is 10.1. The Bertz CT molecular complexity index is 1310. The molecule has 0 N–H and O–H groups in total. The Morgan fingerprint density at radius 1 is 1.18 bits per heavy atom. The van der Waals surface area contributed by atoms with Crippen LogP contribution in [0.5, 0.6) is 0 Å². The number of aromatic nitrogens is 3. The number of aryl methyl sites for hydroxylation is 2. The van der Waals surface area contributed by atoms with Gasteiger partial charge in [-0.1, -0.05) is 11.6 Å². The second kappa shape index (κ2) is 10.3. The fourth-order valence-corrected chi connectivity index (χ4v) is 4.25. The van der Waals surface area contributed by atoms with Crippen molar-refractivity contribution in [3.8, 4) is 5.69 Å². The van der Waals surface area contributed by atoms with Crippen LogP contribution in [-0.2, 0) is 5.75 Å². The van der Waals surface area contributed by atoms with E-state index in [1.807, 2.05) is 0 Å². The fourth-order valence-electron chi connectivity index (χ4n) is 2.97. The summed E-state index contributed by atoms with van der Waals surface area (Å²) in [5, 5.41) is -0.0512. The number of halogens is 3. The second-order valence-electron chi connectivity index (χ2n) is 7.47. The molecule has 0 bridgehead atoms. The Balaban J connectivity index is 1.97. The molecule has 3 aromatic rings. The number of hydrogen-bond acceptors (Lipinski definition) is 6. The molecule has 0 aliphatic heterocycles. The Labute approximate surface area is 198 Å². The van der Waals surface area contributed by atoms with Crippen LogP contribution in [0.25, 0.3) is 5.69 Å². The highest BCUT2D eigenvalue weighted by Gasteiger charge is 2.17. The standard InChI is InChI=1S/C23H21ClF2N4O2S/c1-13-10-27-17(20(31)5-6-29(3)4)9-19(13)30-14(2)7-21(22(24)23(30)32)33-12-18-16(26)8-15(25)11-28-18/h5-11H,12H2,1-4H3/b6-5+. The Morgan fingerprint density at radius 3 is 2.58 bits per heavy atom. The lowest BCUT2D eigenvalue weighted by Crippen LogP contribution is -2.23. The van der Waals surface area contributed by atoms with Gasteiger partial charge in [0.25, 0.3) is 5.56 Å². The average molecular weight is 491 g/mol. The number of nitrogens with zero attached hydrogens (tertiary/aromatic N) is 4. The first kappa shape index (κ1) is 24.6. The summed E-state index contributed by atoms with van der Waals surface area (Å²) in [7, 11) is 3.59. The summed E-state index contributed by atoms with van der Waals surface area (Å²) < 4.78 is 28.4. The molecule has 0 radical (unpaired) electrons. The molecule has 0 aliphatic rings. The molecule has 0 saturated carbocycles. The monoisotopic (exact) mass is 490 g/mol. The lowest BCUT2D eigenvalue weighted by Gasteiger charge is -2.16. The average Bonchev–Trinajstić information content (AvgIpc) is 2.75. The van der Waals surface area contributed by atoms with Gasteiger partial charge in [-0.2, -0.15) is 0 Å². The summed E-state index contributed by atoms with van der Waals surface area (Å²) in [6, 6.07) is 4.00. The number of carbonyl (C=O) groups excluding carboxylic acids is 1. The Morgan fingerprint density at radius 2 is 1.91 bits per heavy atom. The third kappa shape index (κ3) is 5.66. The maximum atomic E-state index is 13.9. The van der Waals surface area contributed by atoms with Gasteiger partial charge in [-0.05, 0) is 31.5 Å². The van der Waals surface area contributed by atoms with Gasteiger partial charge in [0.15, 0.2) is 0 Å². The molecule has 0 saturated heterocycles. The summed E-state index contributed by atoms with van der Waals surface area (Å²) in [6.07, 6.45) is 5.47. The molecule has 33 heavy (non-hydrogen) atoms. The normalized spacial score (nSPS) is 11.2. The maximum absolute atomic E-state index is 13.9. The zero-order valence-corrected chi connectivity index (χ0v) is 20.0. The van der Waals surface area contributed by atoms with Gasteiger partial charge in [0.1, 0.15) is 22.4 Å². The molecule has 0 aromatic carbocycles. The number of pyridine rings is 3. The van der Waals surface area contributed by atoms with Crippen molar-refractivity contribution >= 4 is 29.1 Å². The van der Waals surface area contributed by atoms with Crippen LogP contribution in [0.15, 0.2) is 52.6 Å². The number of allylic oxidation sites excluding steroid dienone is 1. The van der Waals surface area contributed by atoms with Crippen molar-refractivity contribution in [3.63, 3.8) is 0 Å². The van der Waals surface area contributed by atoms with Gasteiger partial charge in [-0.15, -0.1) is 11.8 Å². The van der Waals surface area contributed by atoms with Gasteiger partial charge in [0.2, 0.25) is 5.78 Å². The third-order valence-corrected chi connectivity index (χ3v) is 6.17. The molecule has 0 aliphatic carbocycles. The van der Waals surface area contributed by atoms with Crippen LogP contribution in [-0.4, -0.2) is 39.3 Å². The predicted octanol–water partition coefficient (Wildman–Crippen LogP) is 4.73. The van der Waals surface area contributed by atoms with Crippen molar-refractivity contribution < 1.29 is 13.6 Å². The minimum absolute atomic E-state index is 0.0512. The molecular weight excluding hydrogens is 470 g/mol. The van der Waals surface area contributed by atoms with E-state index in [4.69, 9.17) is 11.6 Å². The van der Waals surface area contributed by atoms with Crippen LogP contribution < -0.4 is 5.56 Å². The van der Waals surface area contributed by atoms with Gasteiger partial charge in [-0.25, -0.2) is 8.78 Å². The van der Waals surface area contributed by atoms with Crippen molar-refractivity contribution in [2.24, 2.45) is 0 Å². The summed E-state index contributed by atoms with van der Waals surface area (Å²) in [4.78, 5) is 35.7. The first-order chi connectivity index (χ1) is 15.6. The van der Waals surface area contributed by atoms with Crippen LogP contribution in [0.1, 0.15) is 27.4 Å². The van der Waals surface area contributed by atoms with Gasteiger partial charge >= 0.3 is 0 Å². The zero-order chi connectivity index (χ0) is 24.3. The van der Waals surface area contributed by atoms with Crippen LogP contribution in [0.3, 0.4) is 0 Å². The highest BCUT2D eigenvalue weighted by molar-refractivity contribution is 7.98.